The van der Waals surface area contributed by atoms with Crippen LogP contribution in [0.3, 0.4) is 0 Å². The summed E-state index contributed by atoms with van der Waals surface area (Å²) >= 11 is 0. The number of fused-ring (bicyclic) bond motifs is 3. The Labute approximate surface area is 115 Å². The molecular weight excluding hydrogens is 263 g/mol. The SMILES string of the molecule is CNC(c1ccc2c(c1)-c1ccccc1C2)C(F)(F)F. The summed E-state index contributed by atoms with van der Waals surface area (Å²) in [6, 6.07) is 11.3. The summed E-state index contributed by atoms with van der Waals surface area (Å²) in [5.41, 5.74) is 4.49. The Bertz CT molecular complexity index is 646. The minimum atomic E-state index is -4.29. The van der Waals surface area contributed by atoms with E-state index in [2.05, 4.69) is 5.32 Å². The maximum atomic E-state index is 13.0. The summed E-state index contributed by atoms with van der Waals surface area (Å²) in [7, 11) is 1.33. The predicted octanol–water partition coefficient (Wildman–Crippen LogP) is 4.08. The Hall–Kier alpha value is -1.81. The first-order valence-corrected chi connectivity index (χ1v) is 6.46. The third-order valence-electron chi connectivity index (χ3n) is 3.77. The molecule has 20 heavy (non-hydrogen) atoms. The fourth-order valence-corrected chi connectivity index (χ4v) is 2.84. The first kappa shape index (κ1) is 13.2. The quantitative estimate of drug-likeness (QED) is 0.744. The molecule has 0 bridgehead atoms. The van der Waals surface area contributed by atoms with Crippen LogP contribution < -0.4 is 5.32 Å². The molecule has 1 N–H and O–H groups in total. The molecule has 2 aromatic rings. The van der Waals surface area contributed by atoms with Crippen molar-refractivity contribution in [3.05, 3.63) is 59.2 Å². The fraction of sp³-hybridized carbons (Fsp3) is 0.250. The highest BCUT2D eigenvalue weighted by Crippen LogP contribution is 2.40. The van der Waals surface area contributed by atoms with Gasteiger partial charge in [-0.2, -0.15) is 13.2 Å². The third-order valence-corrected chi connectivity index (χ3v) is 3.77. The molecule has 1 nitrogen and oxygen atoms in total. The normalized spacial score (nSPS) is 14.8. The van der Waals surface area contributed by atoms with Crippen LogP contribution in [0.25, 0.3) is 11.1 Å². The number of hydrogen-bond donors (Lipinski definition) is 1. The van der Waals surface area contributed by atoms with Gasteiger partial charge in [-0.05, 0) is 47.4 Å². The lowest BCUT2D eigenvalue weighted by molar-refractivity contribution is -0.156. The minimum Gasteiger partial charge on any atom is -0.306 e. The first-order chi connectivity index (χ1) is 9.50. The second-order valence-corrected chi connectivity index (χ2v) is 5.01. The van der Waals surface area contributed by atoms with Gasteiger partial charge in [0.15, 0.2) is 0 Å². The predicted molar refractivity (Wildman–Crippen MR) is 72.5 cm³/mol. The second kappa shape index (κ2) is 4.63. The van der Waals surface area contributed by atoms with Crippen LogP contribution in [0.5, 0.6) is 0 Å². The molecule has 0 heterocycles. The number of benzene rings is 2. The largest absolute Gasteiger partial charge is 0.407 e. The van der Waals surface area contributed by atoms with Crippen LogP contribution in [-0.2, 0) is 6.42 Å². The van der Waals surface area contributed by atoms with Crippen molar-refractivity contribution in [3.63, 3.8) is 0 Å². The van der Waals surface area contributed by atoms with Crippen molar-refractivity contribution in [1.29, 1.82) is 0 Å². The highest BCUT2D eigenvalue weighted by atomic mass is 19.4. The zero-order chi connectivity index (χ0) is 14.3. The van der Waals surface area contributed by atoms with E-state index in [1.807, 2.05) is 24.3 Å². The molecule has 104 valence electrons. The molecule has 0 amide bonds. The Morgan fingerprint density at radius 3 is 2.40 bits per heavy atom. The summed E-state index contributed by atoms with van der Waals surface area (Å²) in [6.45, 7) is 0. The van der Waals surface area contributed by atoms with Crippen molar-refractivity contribution >= 4 is 0 Å². The van der Waals surface area contributed by atoms with Crippen molar-refractivity contribution in [2.24, 2.45) is 0 Å². The first-order valence-electron chi connectivity index (χ1n) is 6.46. The van der Waals surface area contributed by atoms with Crippen LogP contribution in [-0.4, -0.2) is 13.2 Å². The lowest BCUT2D eigenvalue weighted by atomic mass is 9.99. The number of alkyl halides is 3. The van der Waals surface area contributed by atoms with Gasteiger partial charge < -0.3 is 5.32 Å². The van der Waals surface area contributed by atoms with Gasteiger partial charge in [0.05, 0.1) is 0 Å². The Morgan fingerprint density at radius 1 is 1.00 bits per heavy atom. The molecule has 0 aromatic heterocycles. The van der Waals surface area contributed by atoms with Crippen molar-refractivity contribution in [3.8, 4) is 11.1 Å². The van der Waals surface area contributed by atoms with E-state index in [0.29, 0.717) is 0 Å². The summed E-state index contributed by atoms with van der Waals surface area (Å²) in [6.07, 6.45) is -3.50. The highest BCUT2D eigenvalue weighted by Gasteiger charge is 2.40. The van der Waals surface area contributed by atoms with Gasteiger partial charge in [-0.25, -0.2) is 0 Å². The summed E-state index contributed by atoms with van der Waals surface area (Å²) < 4.78 is 39.0. The molecule has 0 saturated carbocycles. The second-order valence-electron chi connectivity index (χ2n) is 5.01. The Kier molecular flexibility index (Phi) is 3.05. The van der Waals surface area contributed by atoms with E-state index in [0.717, 1.165) is 23.1 Å². The molecule has 1 atom stereocenters. The van der Waals surface area contributed by atoms with Crippen LogP contribution in [0.1, 0.15) is 22.7 Å². The maximum Gasteiger partial charge on any atom is 0.407 e. The zero-order valence-corrected chi connectivity index (χ0v) is 11.0. The van der Waals surface area contributed by atoms with E-state index < -0.39 is 12.2 Å². The Balaban J connectivity index is 2.08. The molecule has 0 fully saturated rings. The maximum absolute atomic E-state index is 13.0. The van der Waals surface area contributed by atoms with E-state index >= 15 is 0 Å². The lowest BCUT2D eigenvalue weighted by Gasteiger charge is -2.20. The van der Waals surface area contributed by atoms with Crippen LogP contribution in [0.15, 0.2) is 42.5 Å². The van der Waals surface area contributed by atoms with Crippen LogP contribution in [0.2, 0.25) is 0 Å². The molecule has 0 saturated heterocycles. The molecule has 0 aliphatic heterocycles. The van der Waals surface area contributed by atoms with Gasteiger partial charge >= 0.3 is 6.18 Å². The molecule has 0 radical (unpaired) electrons. The lowest BCUT2D eigenvalue weighted by Crippen LogP contribution is -2.31. The summed E-state index contributed by atoms with van der Waals surface area (Å²) in [4.78, 5) is 0. The van der Waals surface area contributed by atoms with Crippen molar-refractivity contribution in [1.82, 2.24) is 5.32 Å². The molecule has 3 rings (SSSR count). The van der Waals surface area contributed by atoms with Gasteiger partial charge in [-0.15, -0.1) is 0 Å². The van der Waals surface area contributed by atoms with Gasteiger partial charge in [0.1, 0.15) is 6.04 Å². The van der Waals surface area contributed by atoms with E-state index in [1.165, 1.54) is 12.6 Å². The molecule has 1 unspecified atom stereocenters. The van der Waals surface area contributed by atoms with Crippen LogP contribution in [0, 0.1) is 0 Å². The minimum absolute atomic E-state index is 0.260. The van der Waals surface area contributed by atoms with Gasteiger partial charge in [0.2, 0.25) is 0 Å². The molecule has 4 heteroatoms. The Morgan fingerprint density at radius 2 is 1.70 bits per heavy atom. The van der Waals surface area contributed by atoms with Crippen molar-refractivity contribution in [2.45, 2.75) is 18.6 Å². The van der Waals surface area contributed by atoms with Crippen LogP contribution in [0.4, 0.5) is 13.2 Å². The topological polar surface area (TPSA) is 12.0 Å². The average molecular weight is 277 g/mol. The van der Waals surface area contributed by atoms with Crippen molar-refractivity contribution in [2.75, 3.05) is 7.05 Å². The van der Waals surface area contributed by atoms with Crippen molar-refractivity contribution < 1.29 is 13.2 Å². The third kappa shape index (κ3) is 2.10. The highest BCUT2D eigenvalue weighted by molar-refractivity contribution is 5.77. The summed E-state index contributed by atoms with van der Waals surface area (Å²) in [5, 5.41) is 2.35. The average Bonchev–Trinajstić information content (AvgIpc) is 2.76. The molecule has 1 aliphatic carbocycles. The smallest absolute Gasteiger partial charge is 0.306 e. The number of hydrogen-bond acceptors (Lipinski definition) is 1. The van der Waals surface area contributed by atoms with Gasteiger partial charge in [0, 0.05) is 0 Å². The fourth-order valence-electron chi connectivity index (χ4n) is 2.84. The standard InChI is InChI=1S/C16H14F3N/c1-20-15(16(17,18)19)12-7-6-11-8-10-4-2-3-5-13(10)14(11)9-12/h2-7,9,15,20H,8H2,1H3. The number of halogens is 3. The van der Waals surface area contributed by atoms with E-state index in [-0.39, 0.29) is 5.56 Å². The molecule has 0 spiro atoms. The molecule has 1 aliphatic rings. The van der Waals surface area contributed by atoms with E-state index in [1.54, 1.807) is 18.2 Å². The van der Waals surface area contributed by atoms with Gasteiger partial charge in [0.25, 0.3) is 0 Å². The molecule has 2 aromatic carbocycles. The van der Waals surface area contributed by atoms with E-state index in [4.69, 9.17) is 0 Å². The van der Waals surface area contributed by atoms with E-state index in [9.17, 15) is 13.2 Å². The zero-order valence-electron chi connectivity index (χ0n) is 11.0. The summed E-state index contributed by atoms with van der Waals surface area (Å²) in [5.74, 6) is 0. The number of nitrogens with one attached hydrogen (secondary N) is 1. The van der Waals surface area contributed by atoms with Crippen LogP contribution >= 0.6 is 0 Å². The number of rotatable bonds is 2. The van der Waals surface area contributed by atoms with Gasteiger partial charge in [-0.3, -0.25) is 0 Å². The van der Waals surface area contributed by atoms with Gasteiger partial charge in [-0.1, -0.05) is 36.4 Å². The monoisotopic (exact) mass is 277 g/mol. The molecular formula is C16H14F3N.